The summed E-state index contributed by atoms with van der Waals surface area (Å²) in [5.41, 5.74) is 0.367. The summed E-state index contributed by atoms with van der Waals surface area (Å²) >= 11 is 10.7. The second-order valence-corrected chi connectivity index (χ2v) is 2.39. The largest absolute Gasteiger partial charge is 0.244 e. The van der Waals surface area contributed by atoms with Gasteiger partial charge in [-0.05, 0) is 0 Å². The molecule has 1 nitrogen and oxygen atoms in total. The molecule has 0 saturated heterocycles. The van der Waals surface area contributed by atoms with Crippen LogP contribution in [0.25, 0.3) is 0 Å². The second-order valence-electron chi connectivity index (χ2n) is 1.73. The lowest BCUT2D eigenvalue weighted by Gasteiger charge is -1.95. The zero-order chi connectivity index (χ0) is 7.56. The van der Waals surface area contributed by atoms with Gasteiger partial charge in [0, 0.05) is 17.8 Å². The van der Waals surface area contributed by atoms with Crippen molar-refractivity contribution in [2.75, 3.05) is 0 Å². The Morgan fingerprint density at radius 3 is 2.80 bits per heavy atom. The van der Waals surface area contributed by atoms with Crippen molar-refractivity contribution < 1.29 is 4.39 Å². The van der Waals surface area contributed by atoms with E-state index in [0.29, 0.717) is 5.56 Å². The molecule has 4 heteroatoms. The molecule has 0 bridgehead atoms. The molecule has 10 heavy (non-hydrogen) atoms. The number of hydrogen-bond acceptors (Lipinski definition) is 1. The smallest absolute Gasteiger partial charge is 0.132 e. The van der Waals surface area contributed by atoms with E-state index >= 15 is 0 Å². The standard InChI is InChI=1S/C6H4Cl2FN/c7-2-4-3-10-6(8)1-5(4)9/h1,3H,2H2. The van der Waals surface area contributed by atoms with Crippen molar-refractivity contribution in [1.82, 2.24) is 4.98 Å². The van der Waals surface area contributed by atoms with Gasteiger partial charge in [-0.2, -0.15) is 0 Å². The van der Waals surface area contributed by atoms with Gasteiger partial charge in [0.1, 0.15) is 11.0 Å². The molecule has 0 spiro atoms. The number of nitrogens with zero attached hydrogens (tertiary/aromatic N) is 1. The summed E-state index contributed by atoms with van der Waals surface area (Å²) in [6.45, 7) is 0. The summed E-state index contributed by atoms with van der Waals surface area (Å²) in [6.07, 6.45) is 1.32. The SMILES string of the molecule is Fc1cc(Cl)ncc1CCl. The summed E-state index contributed by atoms with van der Waals surface area (Å²) in [6, 6.07) is 1.14. The van der Waals surface area contributed by atoms with E-state index in [1.54, 1.807) is 0 Å². The molecular formula is C6H4Cl2FN. The van der Waals surface area contributed by atoms with Crippen LogP contribution in [0.15, 0.2) is 12.3 Å². The predicted octanol–water partition coefficient (Wildman–Crippen LogP) is 2.61. The molecule has 0 amide bonds. The van der Waals surface area contributed by atoms with Crippen LogP contribution in [0.2, 0.25) is 5.15 Å². The van der Waals surface area contributed by atoms with Gasteiger partial charge in [0.05, 0.1) is 5.88 Å². The number of halogens is 3. The molecule has 0 saturated carbocycles. The molecule has 1 rings (SSSR count). The highest BCUT2D eigenvalue weighted by Crippen LogP contribution is 2.12. The zero-order valence-electron chi connectivity index (χ0n) is 4.94. The van der Waals surface area contributed by atoms with E-state index in [2.05, 4.69) is 4.98 Å². The average molecular weight is 180 g/mol. The highest BCUT2D eigenvalue weighted by molar-refractivity contribution is 6.29. The van der Waals surface area contributed by atoms with Crippen molar-refractivity contribution in [3.8, 4) is 0 Å². The molecule has 0 fully saturated rings. The summed E-state index contributed by atoms with van der Waals surface area (Å²) in [4.78, 5) is 3.65. The van der Waals surface area contributed by atoms with Gasteiger partial charge < -0.3 is 0 Å². The molecule has 54 valence electrons. The Morgan fingerprint density at radius 2 is 2.30 bits per heavy atom. The van der Waals surface area contributed by atoms with Crippen molar-refractivity contribution >= 4 is 23.2 Å². The Morgan fingerprint density at radius 1 is 1.60 bits per heavy atom. The number of aromatic nitrogens is 1. The molecule has 1 aromatic rings. The van der Waals surface area contributed by atoms with Crippen molar-refractivity contribution in [2.45, 2.75) is 5.88 Å². The van der Waals surface area contributed by atoms with Gasteiger partial charge in [0.2, 0.25) is 0 Å². The van der Waals surface area contributed by atoms with Crippen LogP contribution in [-0.4, -0.2) is 4.98 Å². The van der Waals surface area contributed by atoms with Crippen molar-refractivity contribution in [2.24, 2.45) is 0 Å². The lowest BCUT2D eigenvalue weighted by atomic mass is 10.3. The zero-order valence-corrected chi connectivity index (χ0v) is 6.45. The van der Waals surface area contributed by atoms with Crippen molar-refractivity contribution in [1.29, 1.82) is 0 Å². The van der Waals surface area contributed by atoms with Gasteiger partial charge in [0.15, 0.2) is 0 Å². The van der Waals surface area contributed by atoms with E-state index in [0.717, 1.165) is 6.07 Å². The van der Waals surface area contributed by atoms with Gasteiger partial charge in [0.25, 0.3) is 0 Å². The second kappa shape index (κ2) is 3.17. The van der Waals surface area contributed by atoms with Crippen LogP contribution in [-0.2, 0) is 5.88 Å². The van der Waals surface area contributed by atoms with Crippen LogP contribution in [0.5, 0.6) is 0 Å². The summed E-state index contributed by atoms with van der Waals surface area (Å²) in [5, 5.41) is 0.145. The monoisotopic (exact) mass is 179 g/mol. The number of hydrogen-bond donors (Lipinski definition) is 0. The van der Waals surface area contributed by atoms with Crippen LogP contribution < -0.4 is 0 Å². The van der Waals surface area contributed by atoms with Crippen LogP contribution in [0.4, 0.5) is 4.39 Å². The Hall–Kier alpha value is -0.340. The molecular weight excluding hydrogens is 176 g/mol. The molecule has 0 aliphatic heterocycles. The van der Waals surface area contributed by atoms with E-state index in [4.69, 9.17) is 23.2 Å². The molecule has 0 unspecified atom stereocenters. The van der Waals surface area contributed by atoms with Crippen molar-refractivity contribution in [3.05, 3.63) is 28.8 Å². The Balaban J connectivity index is 3.07. The highest BCUT2D eigenvalue weighted by Gasteiger charge is 2.00. The molecule has 0 radical (unpaired) electrons. The molecule has 0 aliphatic rings. The van der Waals surface area contributed by atoms with E-state index in [9.17, 15) is 4.39 Å². The Kier molecular flexibility index (Phi) is 2.46. The summed E-state index contributed by atoms with van der Waals surface area (Å²) in [7, 11) is 0. The molecule has 1 heterocycles. The van der Waals surface area contributed by atoms with Crippen LogP contribution in [0, 0.1) is 5.82 Å². The van der Waals surface area contributed by atoms with E-state index < -0.39 is 5.82 Å². The first-order valence-electron chi connectivity index (χ1n) is 2.60. The lowest BCUT2D eigenvalue weighted by Crippen LogP contribution is -1.87. The first kappa shape index (κ1) is 7.76. The van der Waals surface area contributed by atoms with E-state index in [1.807, 2.05) is 0 Å². The Labute approximate surface area is 67.8 Å². The molecule has 0 aromatic carbocycles. The minimum atomic E-state index is -0.407. The lowest BCUT2D eigenvalue weighted by molar-refractivity contribution is 0.614. The number of pyridine rings is 1. The van der Waals surface area contributed by atoms with Gasteiger partial charge >= 0.3 is 0 Å². The first-order chi connectivity index (χ1) is 4.74. The maximum atomic E-state index is 12.6. The first-order valence-corrected chi connectivity index (χ1v) is 3.51. The fourth-order valence-corrected chi connectivity index (χ4v) is 0.875. The summed E-state index contributed by atoms with van der Waals surface area (Å²) < 4.78 is 12.6. The van der Waals surface area contributed by atoms with Crippen LogP contribution >= 0.6 is 23.2 Å². The fraction of sp³-hybridized carbons (Fsp3) is 0.167. The molecule has 0 aliphatic carbocycles. The minimum Gasteiger partial charge on any atom is -0.244 e. The molecule has 0 atom stereocenters. The van der Waals surface area contributed by atoms with Gasteiger partial charge in [-0.15, -0.1) is 11.6 Å². The van der Waals surface area contributed by atoms with E-state index in [1.165, 1.54) is 6.20 Å². The molecule has 0 N–H and O–H groups in total. The predicted molar refractivity (Wildman–Crippen MR) is 38.8 cm³/mol. The third kappa shape index (κ3) is 1.58. The third-order valence-corrected chi connectivity index (χ3v) is 1.53. The minimum absolute atomic E-state index is 0.121. The maximum Gasteiger partial charge on any atom is 0.132 e. The quantitative estimate of drug-likeness (QED) is 0.478. The Bertz CT molecular complexity index is 239. The number of alkyl halides is 1. The number of rotatable bonds is 1. The van der Waals surface area contributed by atoms with E-state index in [-0.39, 0.29) is 11.0 Å². The van der Waals surface area contributed by atoms with Crippen molar-refractivity contribution in [3.63, 3.8) is 0 Å². The maximum absolute atomic E-state index is 12.6. The molecule has 1 aromatic heterocycles. The van der Waals surface area contributed by atoms with Gasteiger partial charge in [-0.25, -0.2) is 9.37 Å². The highest BCUT2D eigenvalue weighted by atomic mass is 35.5. The normalized spacial score (nSPS) is 9.90. The van der Waals surface area contributed by atoms with Gasteiger partial charge in [-0.3, -0.25) is 0 Å². The summed E-state index contributed by atoms with van der Waals surface area (Å²) in [5.74, 6) is -0.286. The van der Waals surface area contributed by atoms with Crippen LogP contribution in [0.1, 0.15) is 5.56 Å². The average Bonchev–Trinajstić information content (AvgIpc) is 1.88. The topological polar surface area (TPSA) is 12.9 Å². The third-order valence-electron chi connectivity index (χ3n) is 1.04. The van der Waals surface area contributed by atoms with Crippen LogP contribution in [0.3, 0.4) is 0 Å². The fourth-order valence-electron chi connectivity index (χ4n) is 0.534. The van der Waals surface area contributed by atoms with Gasteiger partial charge in [-0.1, -0.05) is 11.6 Å².